The van der Waals surface area contributed by atoms with Crippen LogP contribution in [-0.4, -0.2) is 14.5 Å². The Kier molecular flexibility index (Phi) is 4.06. The number of anilines is 1. The first-order chi connectivity index (χ1) is 10.3. The molecular weight excluding hydrogens is 284 g/mol. The van der Waals surface area contributed by atoms with Crippen molar-refractivity contribution in [2.45, 2.75) is 26.4 Å². The minimum Gasteiger partial charge on any atom is -0.376 e. The van der Waals surface area contributed by atoms with Crippen LogP contribution in [0, 0.1) is 0 Å². The Morgan fingerprint density at radius 2 is 2.14 bits per heavy atom. The number of fused-ring (bicyclic) bond motifs is 1. The van der Waals surface area contributed by atoms with E-state index >= 15 is 0 Å². The van der Waals surface area contributed by atoms with Gasteiger partial charge in [0.1, 0.15) is 5.82 Å². The van der Waals surface area contributed by atoms with Crippen molar-refractivity contribution < 1.29 is 0 Å². The van der Waals surface area contributed by atoms with Crippen molar-refractivity contribution in [3.63, 3.8) is 0 Å². The number of imidazole rings is 1. The second-order valence-electron chi connectivity index (χ2n) is 4.92. The highest BCUT2D eigenvalue weighted by molar-refractivity contribution is 6.31. The number of aromatic nitrogens is 3. The predicted octanol–water partition coefficient (Wildman–Crippen LogP) is 4.11. The maximum atomic E-state index is 6.18. The van der Waals surface area contributed by atoms with E-state index in [0.29, 0.717) is 11.6 Å². The molecule has 0 saturated heterocycles. The third-order valence-electron chi connectivity index (χ3n) is 3.37. The summed E-state index contributed by atoms with van der Waals surface area (Å²) in [6, 6.07) is 7.75. The number of benzene rings is 1. The zero-order chi connectivity index (χ0) is 14.7. The molecule has 0 spiro atoms. The summed E-state index contributed by atoms with van der Waals surface area (Å²) in [6.45, 7) is 3.79. The van der Waals surface area contributed by atoms with E-state index in [2.05, 4.69) is 26.8 Å². The largest absolute Gasteiger partial charge is 0.376 e. The smallest absolute Gasteiger partial charge is 0.128 e. The molecule has 3 aromatic rings. The molecule has 0 bridgehead atoms. The molecule has 2 aromatic heterocycles. The summed E-state index contributed by atoms with van der Waals surface area (Å²) < 4.78 is 2.16. The van der Waals surface area contributed by atoms with Crippen molar-refractivity contribution in [2.75, 3.05) is 5.32 Å². The van der Waals surface area contributed by atoms with Gasteiger partial charge < -0.3 is 9.88 Å². The van der Waals surface area contributed by atoms with Crippen LogP contribution < -0.4 is 5.32 Å². The van der Waals surface area contributed by atoms with E-state index in [4.69, 9.17) is 11.6 Å². The van der Waals surface area contributed by atoms with Gasteiger partial charge in [0.25, 0.3) is 0 Å². The number of aryl methyl sites for hydroxylation is 1. The summed E-state index contributed by atoms with van der Waals surface area (Å²) in [7, 11) is 0. The average Bonchev–Trinajstić information content (AvgIpc) is 2.92. The summed E-state index contributed by atoms with van der Waals surface area (Å²) in [4.78, 5) is 8.83. The Labute approximate surface area is 128 Å². The first kappa shape index (κ1) is 13.9. The molecule has 0 amide bonds. The van der Waals surface area contributed by atoms with Gasteiger partial charge in [-0.2, -0.15) is 0 Å². The van der Waals surface area contributed by atoms with Crippen molar-refractivity contribution in [3.8, 4) is 0 Å². The molecular formula is C16H17ClN4. The van der Waals surface area contributed by atoms with Crippen molar-refractivity contribution >= 4 is 28.2 Å². The second-order valence-corrected chi connectivity index (χ2v) is 5.36. The van der Waals surface area contributed by atoms with E-state index in [1.165, 1.54) is 0 Å². The first-order valence-electron chi connectivity index (χ1n) is 7.06. The van der Waals surface area contributed by atoms with Gasteiger partial charge in [-0.05, 0) is 24.6 Å². The summed E-state index contributed by atoms with van der Waals surface area (Å²) in [6.07, 6.45) is 6.72. The summed E-state index contributed by atoms with van der Waals surface area (Å²) in [5.74, 6) is 1.01. The second kappa shape index (κ2) is 6.14. The van der Waals surface area contributed by atoms with E-state index < -0.39 is 0 Å². The normalized spacial score (nSPS) is 11.0. The molecule has 0 unspecified atom stereocenters. The number of nitrogens with one attached hydrogen (secondary N) is 1. The van der Waals surface area contributed by atoms with Gasteiger partial charge in [0.15, 0.2) is 0 Å². The minimum absolute atomic E-state index is 0.652. The fourth-order valence-corrected chi connectivity index (χ4v) is 2.64. The lowest BCUT2D eigenvalue weighted by Crippen LogP contribution is -2.08. The molecule has 0 radical (unpaired) electrons. The molecule has 1 aromatic carbocycles. The van der Waals surface area contributed by atoms with Crippen LogP contribution in [0.2, 0.25) is 5.02 Å². The van der Waals surface area contributed by atoms with Crippen LogP contribution in [-0.2, 0) is 13.1 Å². The molecule has 0 aliphatic carbocycles. The fraction of sp³-hybridized carbons (Fsp3) is 0.250. The lowest BCUT2D eigenvalue weighted by molar-refractivity contribution is 0.644. The van der Waals surface area contributed by atoms with Gasteiger partial charge in [0, 0.05) is 35.5 Å². The molecule has 0 aliphatic heterocycles. The number of rotatable bonds is 5. The third kappa shape index (κ3) is 3.00. The van der Waals surface area contributed by atoms with Crippen LogP contribution in [0.4, 0.5) is 5.69 Å². The van der Waals surface area contributed by atoms with Gasteiger partial charge in [0.05, 0.1) is 17.7 Å². The molecule has 0 atom stereocenters. The van der Waals surface area contributed by atoms with Crippen LogP contribution in [0.25, 0.3) is 10.9 Å². The van der Waals surface area contributed by atoms with Crippen molar-refractivity contribution in [2.24, 2.45) is 0 Å². The molecule has 21 heavy (non-hydrogen) atoms. The monoisotopic (exact) mass is 300 g/mol. The zero-order valence-corrected chi connectivity index (χ0v) is 12.6. The SMILES string of the molecule is CCCn1ccnc1CNc1cc(Cl)cc2cccnc12. The zero-order valence-electron chi connectivity index (χ0n) is 11.9. The highest BCUT2D eigenvalue weighted by atomic mass is 35.5. The number of halogens is 1. The molecule has 2 heterocycles. The maximum absolute atomic E-state index is 6.18. The molecule has 3 rings (SSSR count). The molecule has 0 fully saturated rings. The Balaban J connectivity index is 1.86. The average molecular weight is 301 g/mol. The van der Waals surface area contributed by atoms with Crippen LogP contribution in [0.5, 0.6) is 0 Å². The maximum Gasteiger partial charge on any atom is 0.128 e. The minimum atomic E-state index is 0.652. The number of hydrogen-bond acceptors (Lipinski definition) is 3. The van der Waals surface area contributed by atoms with Crippen LogP contribution >= 0.6 is 11.6 Å². The Bertz CT molecular complexity index is 751. The van der Waals surface area contributed by atoms with E-state index in [-0.39, 0.29) is 0 Å². The van der Waals surface area contributed by atoms with Crippen LogP contribution in [0.15, 0.2) is 42.9 Å². The third-order valence-corrected chi connectivity index (χ3v) is 3.59. The molecule has 4 nitrogen and oxygen atoms in total. The van der Waals surface area contributed by atoms with Crippen LogP contribution in [0.3, 0.4) is 0 Å². The molecule has 5 heteroatoms. The summed E-state index contributed by atoms with van der Waals surface area (Å²) in [5, 5.41) is 5.13. The molecule has 0 aliphatic rings. The standard InChI is InChI=1S/C16H17ClN4/c1-2-7-21-8-6-18-15(21)11-20-14-10-13(17)9-12-4-3-5-19-16(12)14/h3-6,8-10,20H,2,7,11H2,1H3. The topological polar surface area (TPSA) is 42.7 Å². The highest BCUT2D eigenvalue weighted by Gasteiger charge is 2.06. The summed E-state index contributed by atoms with van der Waals surface area (Å²) >= 11 is 6.18. The lowest BCUT2D eigenvalue weighted by atomic mass is 10.2. The summed E-state index contributed by atoms with van der Waals surface area (Å²) in [5.41, 5.74) is 1.86. The van der Waals surface area contributed by atoms with Crippen molar-refractivity contribution in [1.82, 2.24) is 14.5 Å². The van der Waals surface area contributed by atoms with E-state index in [1.54, 1.807) is 6.20 Å². The van der Waals surface area contributed by atoms with E-state index in [0.717, 1.165) is 35.4 Å². The van der Waals surface area contributed by atoms with E-state index in [9.17, 15) is 0 Å². The molecule has 108 valence electrons. The van der Waals surface area contributed by atoms with Gasteiger partial charge in [-0.1, -0.05) is 24.6 Å². The number of nitrogens with zero attached hydrogens (tertiary/aromatic N) is 3. The first-order valence-corrected chi connectivity index (χ1v) is 7.44. The molecule has 0 saturated carbocycles. The Hall–Kier alpha value is -2.07. The van der Waals surface area contributed by atoms with Gasteiger partial charge in [-0.15, -0.1) is 0 Å². The van der Waals surface area contributed by atoms with E-state index in [1.807, 2.05) is 36.7 Å². The Morgan fingerprint density at radius 1 is 1.24 bits per heavy atom. The number of hydrogen-bond donors (Lipinski definition) is 1. The highest BCUT2D eigenvalue weighted by Crippen LogP contribution is 2.26. The number of pyridine rings is 1. The van der Waals surface area contributed by atoms with Gasteiger partial charge in [-0.25, -0.2) is 4.98 Å². The lowest BCUT2D eigenvalue weighted by Gasteiger charge is -2.11. The molecule has 1 N–H and O–H groups in total. The van der Waals surface area contributed by atoms with Crippen molar-refractivity contribution in [3.05, 3.63) is 53.7 Å². The van der Waals surface area contributed by atoms with Crippen LogP contribution in [0.1, 0.15) is 19.2 Å². The van der Waals surface area contributed by atoms with Crippen molar-refractivity contribution in [1.29, 1.82) is 0 Å². The predicted molar refractivity (Wildman–Crippen MR) is 86.6 cm³/mol. The fourth-order valence-electron chi connectivity index (χ4n) is 2.42. The van der Waals surface area contributed by atoms with Gasteiger partial charge in [0.2, 0.25) is 0 Å². The Morgan fingerprint density at radius 3 is 3.00 bits per heavy atom. The van der Waals surface area contributed by atoms with Gasteiger partial charge in [-0.3, -0.25) is 4.98 Å². The quantitative estimate of drug-likeness (QED) is 0.771. The van der Waals surface area contributed by atoms with Gasteiger partial charge >= 0.3 is 0 Å².